The van der Waals surface area contributed by atoms with Crippen molar-refractivity contribution in [2.45, 2.75) is 0 Å². The number of benzene rings is 5. The molecule has 53 heavy (non-hydrogen) atoms. The lowest BCUT2D eigenvalue weighted by Gasteiger charge is -2.44. The molecule has 0 saturated carbocycles. The van der Waals surface area contributed by atoms with Gasteiger partial charge in [-0.3, -0.25) is 0 Å². The fourth-order valence-corrected chi connectivity index (χ4v) is 6.13. The largest absolute Gasteiger partial charge is 0.207 e. The molecule has 0 aliphatic carbocycles. The van der Waals surface area contributed by atoms with Gasteiger partial charge in [0.2, 0.25) is 0 Å². The number of hydrogen-bond acceptors (Lipinski definition) is 0. The molecule has 5 aromatic carbocycles. The van der Waals surface area contributed by atoms with Crippen LogP contribution in [0.4, 0.5) is 87.8 Å². The Hall–Kier alpha value is -4.81. The zero-order chi connectivity index (χ0) is 40.2. The fraction of sp³-hybridized carbons (Fsp3) is 0.0323. The second kappa shape index (κ2) is 14.9. The van der Waals surface area contributed by atoms with E-state index in [1.165, 1.54) is 5.30 Å². The zero-order valence-electron chi connectivity index (χ0n) is 25.1. The van der Waals surface area contributed by atoms with Crippen molar-refractivity contribution in [1.82, 2.24) is 0 Å². The summed E-state index contributed by atoms with van der Waals surface area (Å²) in [6.07, 6.45) is -7.22. The maximum atomic E-state index is 15.4. The van der Waals surface area contributed by atoms with Gasteiger partial charge in [-0.1, -0.05) is 18.2 Å². The van der Waals surface area contributed by atoms with Crippen molar-refractivity contribution in [1.29, 1.82) is 0 Å². The van der Waals surface area contributed by atoms with Gasteiger partial charge in [-0.2, -0.15) is 0 Å². The molecule has 0 fully saturated rings. The molecule has 0 saturated heterocycles. The molecule has 282 valence electrons. The van der Waals surface area contributed by atoms with E-state index in [9.17, 15) is 52.7 Å². The first kappa shape index (κ1) is 41.0. The molecule has 1 atom stereocenters. The average molecular weight is 804 g/mol. The lowest BCUT2D eigenvalue weighted by Crippen LogP contribution is -2.81. The normalized spacial score (nSPS) is 11.8. The molecule has 0 aromatic heterocycles. The van der Waals surface area contributed by atoms with Crippen molar-refractivity contribution in [3.8, 4) is 0 Å². The van der Waals surface area contributed by atoms with Gasteiger partial charge >= 0.3 is 0 Å². The summed E-state index contributed by atoms with van der Waals surface area (Å²) < 4.78 is 294. The summed E-state index contributed by atoms with van der Waals surface area (Å²) in [4.78, 5) is 0. The first-order valence-electron chi connectivity index (χ1n) is 13.7. The summed E-state index contributed by atoms with van der Waals surface area (Å²) in [5.74, 6) is -71.4. The van der Waals surface area contributed by atoms with Crippen LogP contribution in [0, 0.1) is 116 Å². The van der Waals surface area contributed by atoms with E-state index < -0.39 is 144 Å². The van der Waals surface area contributed by atoms with E-state index in [0.29, 0.717) is 8.58 Å². The first-order chi connectivity index (χ1) is 24.6. The van der Waals surface area contributed by atoms with E-state index in [1.54, 1.807) is 0 Å². The number of rotatable bonds is 5. The van der Waals surface area contributed by atoms with Crippen molar-refractivity contribution in [3.63, 3.8) is 0 Å². The minimum atomic E-state index is -7.22. The number of halogens is 20. The Morgan fingerprint density at radius 3 is 0.604 bits per heavy atom. The summed E-state index contributed by atoms with van der Waals surface area (Å²) in [5.41, 5.74) is -14.3. The third-order valence-electron chi connectivity index (χ3n) is 7.84. The molecule has 0 bridgehead atoms. The predicted octanol–water partition coefficient (Wildman–Crippen LogP) is 7.20. The van der Waals surface area contributed by atoms with E-state index in [1.807, 2.05) is 0 Å². The maximum Gasteiger partial charge on any atom is 0.200 e. The maximum absolute atomic E-state index is 15.4. The second-order valence-corrected chi connectivity index (χ2v) is 11.7. The van der Waals surface area contributed by atoms with Crippen LogP contribution in [0.15, 0.2) is 30.3 Å². The lowest BCUT2D eigenvalue weighted by molar-refractivity contribution is 0.378. The summed E-state index contributed by atoms with van der Waals surface area (Å²) in [5, 5.41) is 1.49. The highest BCUT2D eigenvalue weighted by Gasteiger charge is 2.52. The Morgan fingerprint density at radius 2 is 0.453 bits per heavy atom. The van der Waals surface area contributed by atoms with Crippen LogP contribution in [0.5, 0.6) is 0 Å². The van der Waals surface area contributed by atoms with Gasteiger partial charge in [0.05, 0.1) is 5.30 Å². The lowest BCUT2D eigenvalue weighted by atomic mass is 9.12. The molecule has 0 aliphatic rings. The van der Waals surface area contributed by atoms with Gasteiger partial charge in [-0.25, -0.2) is 87.8 Å². The summed E-state index contributed by atoms with van der Waals surface area (Å²) in [6.45, 7) is 2.25. The van der Waals surface area contributed by atoms with Gasteiger partial charge in [0.25, 0.3) is 0 Å². The quantitative estimate of drug-likeness (QED) is 0.0581. The standard InChI is InChI=1S/C24BF20.C7H9P/c26-5-1(6(27)14(35)21(42)13(5)34)25(2-7(28)15(36)22(43)16(37)8(2)29,3-9(30)17(38)23(44)18(39)10(3)31)4-11(32)19(40)24(45)20(41)12(4)33;1-8-7-5-3-2-4-6-7/h;2-6,8H,1H3/q-1;/p+1. The van der Waals surface area contributed by atoms with Crippen LogP contribution < -0.4 is 27.2 Å². The second-order valence-electron chi connectivity index (χ2n) is 10.5. The molecule has 0 amide bonds. The Morgan fingerprint density at radius 1 is 0.283 bits per heavy atom. The topological polar surface area (TPSA) is 0 Å². The van der Waals surface area contributed by atoms with Gasteiger partial charge in [-0.15, -0.1) is 21.9 Å². The van der Waals surface area contributed by atoms with Crippen LogP contribution in [0.25, 0.3) is 0 Å². The number of hydrogen-bond donors (Lipinski definition) is 0. The highest BCUT2D eigenvalue weighted by molar-refractivity contribution is 7.46. The van der Waals surface area contributed by atoms with E-state index in [-0.39, 0.29) is 0 Å². The van der Waals surface area contributed by atoms with Gasteiger partial charge in [0.15, 0.2) is 69.8 Å². The van der Waals surface area contributed by atoms with Crippen LogP contribution in [-0.4, -0.2) is 12.8 Å². The Kier molecular flexibility index (Phi) is 11.5. The minimum absolute atomic E-state index is 0.511. The van der Waals surface area contributed by atoms with E-state index in [4.69, 9.17) is 0 Å². The molecule has 0 heterocycles. The predicted molar refractivity (Wildman–Crippen MR) is 151 cm³/mol. The molecule has 22 heteroatoms. The van der Waals surface area contributed by atoms with Gasteiger partial charge in [0, 0.05) is 15.2 Å². The van der Waals surface area contributed by atoms with Crippen LogP contribution in [0.1, 0.15) is 0 Å². The molecule has 0 radical (unpaired) electrons. The molecular weight excluding hydrogens is 794 g/mol. The van der Waals surface area contributed by atoms with Crippen molar-refractivity contribution < 1.29 is 87.8 Å². The van der Waals surface area contributed by atoms with Gasteiger partial charge in [0.1, 0.15) is 52.7 Å². The summed E-state index contributed by atoms with van der Waals surface area (Å²) >= 11 is 0. The van der Waals surface area contributed by atoms with Crippen LogP contribution >= 0.6 is 8.58 Å². The van der Waals surface area contributed by atoms with Crippen molar-refractivity contribution in [2.75, 3.05) is 6.66 Å². The van der Waals surface area contributed by atoms with Gasteiger partial charge in [-0.05, 0) is 12.1 Å². The molecule has 0 N–H and O–H groups in total. The Labute approximate surface area is 283 Å². The Bertz CT molecular complexity index is 1900. The third kappa shape index (κ3) is 6.15. The minimum Gasteiger partial charge on any atom is -0.207 e. The van der Waals surface area contributed by atoms with Crippen LogP contribution in [0.2, 0.25) is 0 Å². The van der Waals surface area contributed by atoms with Crippen molar-refractivity contribution >= 4 is 41.9 Å². The molecule has 0 spiro atoms. The van der Waals surface area contributed by atoms with Crippen LogP contribution in [0.3, 0.4) is 0 Å². The monoisotopic (exact) mass is 804 g/mol. The Balaban J connectivity index is 0.000000692. The summed E-state index contributed by atoms with van der Waals surface area (Å²) in [6, 6.07) is 10.6. The molecular formula is C31H10BF20P. The van der Waals surface area contributed by atoms with E-state index in [0.717, 1.165) is 0 Å². The van der Waals surface area contributed by atoms with Crippen molar-refractivity contribution in [2.24, 2.45) is 0 Å². The van der Waals surface area contributed by atoms with Gasteiger partial charge < -0.3 is 0 Å². The average Bonchev–Trinajstić information content (AvgIpc) is 3.15. The van der Waals surface area contributed by atoms with Crippen molar-refractivity contribution in [3.05, 3.63) is 147 Å². The SMILES string of the molecule is C[PH2+]c1ccccc1.Fc1c(F)c(F)c([B-](c2c(F)c(F)c(F)c(F)c2F)(c2c(F)c(F)c(F)c(F)c2F)c2c(F)c(F)c(F)c(F)c2F)c(F)c1F. The first-order valence-corrected chi connectivity index (χ1v) is 15.4. The summed E-state index contributed by atoms with van der Waals surface area (Å²) in [7, 11) is 0.511. The highest BCUT2D eigenvalue weighted by Crippen LogP contribution is 2.30. The van der Waals surface area contributed by atoms with E-state index >= 15 is 35.1 Å². The molecule has 5 aromatic rings. The molecule has 0 nitrogen and oxygen atoms in total. The van der Waals surface area contributed by atoms with E-state index in [2.05, 4.69) is 37.0 Å². The molecule has 5 rings (SSSR count). The highest BCUT2D eigenvalue weighted by atomic mass is 31.1. The molecule has 1 unspecified atom stereocenters. The van der Waals surface area contributed by atoms with Crippen LogP contribution in [-0.2, 0) is 0 Å². The molecule has 0 aliphatic heterocycles. The zero-order valence-corrected chi connectivity index (χ0v) is 26.3. The fourth-order valence-electron chi connectivity index (χ4n) is 5.52. The smallest absolute Gasteiger partial charge is 0.200 e. The third-order valence-corrected chi connectivity index (χ3v) is 8.89.